The third-order valence-electron chi connectivity index (χ3n) is 4.28. The second-order valence-electron chi connectivity index (χ2n) is 5.76. The number of carbonyl (C=O) groups excluding carboxylic acids is 1. The van der Waals surface area contributed by atoms with E-state index in [1.54, 1.807) is 0 Å². The van der Waals surface area contributed by atoms with Gasteiger partial charge in [0.1, 0.15) is 0 Å². The van der Waals surface area contributed by atoms with Crippen molar-refractivity contribution in [1.29, 1.82) is 0 Å². The molecule has 4 nitrogen and oxygen atoms in total. The minimum atomic E-state index is 0.237. The highest BCUT2D eigenvalue weighted by atomic mass is 16.2. The zero-order chi connectivity index (χ0) is 15.1. The molecule has 1 amide bonds. The van der Waals surface area contributed by atoms with Gasteiger partial charge in [-0.2, -0.15) is 0 Å². The van der Waals surface area contributed by atoms with Gasteiger partial charge in [-0.25, -0.2) is 0 Å². The maximum Gasteiger partial charge on any atom is 0.227 e. The van der Waals surface area contributed by atoms with Gasteiger partial charge >= 0.3 is 0 Å². The third-order valence-corrected chi connectivity index (χ3v) is 4.28. The molecular weight excluding hydrogens is 262 g/mol. The Morgan fingerprint density at radius 2 is 1.86 bits per heavy atom. The van der Waals surface area contributed by atoms with Crippen LogP contribution in [0.4, 0.5) is 0 Å². The molecule has 0 radical (unpaired) electrons. The molecule has 1 aliphatic rings. The molecule has 1 atom stereocenters. The minimum absolute atomic E-state index is 0.237. The molecule has 21 heavy (non-hydrogen) atoms. The quantitative estimate of drug-likeness (QED) is 0.863. The summed E-state index contributed by atoms with van der Waals surface area (Å²) in [5.74, 6) is 0.237. The van der Waals surface area contributed by atoms with Crippen molar-refractivity contribution in [2.75, 3.05) is 32.7 Å². The topological polar surface area (TPSA) is 49.6 Å². The number of carbonyl (C=O) groups is 1. The number of nitrogens with two attached hydrogens (primary N) is 1. The van der Waals surface area contributed by atoms with E-state index in [4.69, 9.17) is 5.73 Å². The number of benzene rings is 1. The predicted octanol–water partition coefficient (Wildman–Crippen LogP) is 1.50. The summed E-state index contributed by atoms with van der Waals surface area (Å²) in [6, 6.07) is 10.4. The van der Waals surface area contributed by atoms with Gasteiger partial charge < -0.3 is 10.6 Å². The Hall–Kier alpha value is -1.39. The van der Waals surface area contributed by atoms with Crippen LogP contribution in [0.1, 0.15) is 25.3 Å². The summed E-state index contributed by atoms with van der Waals surface area (Å²) in [5.41, 5.74) is 6.96. The second kappa shape index (κ2) is 8.15. The lowest BCUT2D eigenvalue weighted by Gasteiger charge is -2.39. The number of piperazine rings is 1. The van der Waals surface area contributed by atoms with Crippen LogP contribution in [-0.2, 0) is 11.2 Å². The van der Waals surface area contributed by atoms with Gasteiger partial charge in [-0.15, -0.1) is 0 Å². The predicted molar refractivity (Wildman–Crippen MR) is 86.0 cm³/mol. The van der Waals surface area contributed by atoms with Crippen LogP contribution in [0.2, 0.25) is 0 Å². The van der Waals surface area contributed by atoms with E-state index in [0.29, 0.717) is 19.0 Å². The molecule has 0 bridgehead atoms. The Labute approximate surface area is 127 Å². The van der Waals surface area contributed by atoms with Crippen molar-refractivity contribution in [1.82, 2.24) is 9.80 Å². The lowest BCUT2D eigenvalue weighted by Crippen LogP contribution is -2.53. The standard InChI is InChI=1S/C17H27N3O/c1-2-6-16(14-18)19-9-11-20(12-10-19)17(21)13-15-7-4-3-5-8-15/h3-5,7-8,16H,2,6,9-14,18H2,1H3. The van der Waals surface area contributed by atoms with Crippen molar-refractivity contribution in [2.24, 2.45) is 5.73 Å². The largest absolute Gasteiger partial charge is 0.340 e. The second-order valence-corrected chi connectivity index (χ2v) is 5.76. The summed E-state index contributed by atoms with van der Waals surface area (Å²) in [4.78, 5) is 16.8. The van der Waals surface area contributed by atoms with Gasteiger partial charge in [0.15, 0.2) is 0 Å². The molecule has 1 heterocycles. The number of hydrogen-bond acceptors (Lipinski definition) is 3. The summed E-state index contributed by atoms with van der Waals surface area (Å²) in [6.07, 6.45) is 2.82. The average molecular weight is 289 g/mol. The van der Waals surface area contributed by atoms with E-state index >= 15 is 0 Å². The summed E-state index contributed by atoms with van der Waals surface area (Å²) >= 11 is 0. The van der Waals surface area contributed by atoms with E-state index < -0.39 is 0 Å². The molecule has 2 N–H and O–H groups in total. The van der Waals surface area contributed by atoms with E-state index in [9.17, 15) is 4.79 Å². The number of rotatable bonds is 6. The minimum Gasteiger partial charge on any atom is -0.340 e. The van der Waals surface area contributed by atoms with Crippen molar-refractivity contribution in [3.8, 4) is 0 Å². The van der Waals surface area contributed by atoms with Crippen LogP contribution in [0.15, 0.2) is 30.3 Å². The Kier molecular flexibility index (Phi) is 6.21. The molecule has 1 unspecified atom stereocenters. The summed E-state index contributed by atoms with van der Waals surface area (Å²) in [7, 11) is 0. The van der Waals surface area contributed by atoms with Crippen LogP contribution in [0, 0.1) is 0 Å². The molecule has 0 spiro atoms. The van der Waals surface area contributed by atoms with Gasteiger partial charge in [0.25, 0.3) is 0 Å². The molecule has 1 aliphatic heterocycles. The Morgan fingerprint density at radius 3 is 2.43 bits per heavy atom. The van der Waals surface area contributed by atoms with E-state index in [1.807, 2.05) is 35.2 Å². The third kappa shape index (κ3) is 4.55. The lowest BCUT2D eigenvalue weighted by molar-refractivity contribution is -0.132. The fraction of sp³-hybridized carbons (Fsp3) is 0.588. The van der Waals surface area contributed by atoms with Crippen molar-refractivity contribution in [3.05, 3.63) is 35.9 Å². The van der Waals surface area contributed by atoms with Crippen molar-refractivity contribution in [3.63, 3.8) is 0 Å². The molecule has 0 aliphatic carbocycles. The fourth-order valence-corrected chi connectivity index (χ4v) is 3.00. The molecule has 0 saturated carbocycles. The highest BCUT2D eigenvalue weighted by Crippen LogP contribution is 2.12. The number of nitrogens with zero attached hydrogens (tertiary/aromatic N) is 2. The van der Waals surface area contributed by atoms with E-state index in [-0.39, 0.29) is 5.91 Å². The Morgan fingerprint density at radius 1 is 1.19 bits per heavy atom. The number of amides is 1. The van der Waals surface area contributed by atoms with Gasteiger partial charge in [-0.1, -0.05) is 43.7 Å². The smallest absolute Gasteiger partial charge is 0.227 e. The molecule has 4 heteroatoms. The van der Waals surface area contributed by atoms with Crippen LogP contribution in [0.25, 0.3) is 0 Å². The zero-order valence-corrected chi connectivity index (χ0v) is 13.0. The highest BCUT2D eigenvalue weighted by molar-refractivity contribution is 5.78. The van der Waals surface area contributed by atoms with Crippen LogP contribution >= 0.6 is 0 Å². The monoisotopic (exact) mass is 289 g/mol. The SMILES string of the molecule is CCCC(CN)N1CCN(C(=O)Cc2ccccc2)CC1. The molecule has 1 aromatic rings. The lowest BCUT2D eigenvalue weighted by atomic mass is 10.1. The van der Waals surface area contributed by atoms with Crippen molar-refractivity contribution >= 4 is 5.91 Å². The van der Waals surface area contributed by atoms with Gasteiger partial charge in [-0.3, -0.25) is 9.69 Å². The Bertz CT molecular complexity index is 427. The average Bonchev–Trinajstić information content (AvgIpc) is 2.54. The molecule has 1 saturated heterocycles. The first-order valence-corrected chi connectivity index (χ1v) is 8.00. The van der Waals surface area contributed by atoms with Gasteiger partial charge in [0.05, 0.1) is 6.42 Å². The Balaban J connectivity index is 1.82. The summed E-state index contributed by atoms with van der Waals surface area (Å²) < 4.78 is 0. The van der Waals surface area contributed by atoms with E-state index in [2.05, 4.69) is 11.8 Å². The van der Waals surface area contributed by atoms with Gasteiger partial charge in [0, 0.05) is 38.8 Å². The van der Waals surface area contributed by atoms with Crippen molar-refractivity contribution < 1.29 is 4.79 Å². The molecule has 2 rings (SSSR count). The summed E-state index contributed by atoms with van der Waals surface area (Å²) in [5, 5.41) is 0. The number of hydrogen-bond donors (Lipinski definition) is 1. The maximum absolute atomic E-state index is 12.3. The first kappa shape index (κ1) is 16.0. The molecule has 0 aromatic heterocycles. The van der Waals surface area contributed by atoms with Crippen LogP contribution in [-0.4, -0.2) is 54.5 Å². The van der Waals surface area contributed by atoms with E-state index in [1.165, 1.54) is 0 Å². The van der Waals surface area contributed by atoms with Crippen LogP contribution in [0.5, 0.6) is 0 Å². The van der Waals surface area contributed by atoms with Gasteiger partial charge in [-0.05, 0) is 12.0 Å². The first-order chi connectivity index (χ1) is 10.2. The summed E-state index contributed by atoms with van der Waals surface area (Å²) in [6.45, 7) is 6.46. The van der Waals surface area contributed by atoms with Crippen LogP contribution in [0.3, 0.4) is 0 Å². The molecule has 1 fully saturated rings. The normalized spacial score (nSPS) is 17.7. The van der Waals surface area contributed by atoms with Crippen molar-refractivity contribution in [2.45, 2.75) is 32.2 Å². The zero-order valence-electron chi connectivity index (χ0n) is 13.0. The fourth-order valence-electron chi connectivity index (χ4n) is 3.00. The first-order valence-electron chi connectivity index (χ1n) is 8.00. The maximum atomic E-state index is 12.3. The van der Waals surface area contributed by atoms with Crippen LogP contribution < -0.4 is 5.73 Å². The molecule has 116 valence electrons. The highest BCUT2D eigenvalue weighted by Gasteiger charge is 2.24. The molecular formula is C17H27N3O. The van der Waals surface area contributed by atoms with Gasteiger partial charge in [0.2, 0.25) is 5.91 Å². The van der Waals surface area contributed by atoms with E-state index in [0.717, 1.165) is 44.6 Å². The molecule has 1 aromatic carbocycles.